The van der Waals surface area contributed by atoms with Gasteiger partial charge in [-0.25, -0.2) is 0 Å². The number of benzene rings is 1. The van der Waals surface area contributed by atoms with Crippen LogP contribution in [0.1, 0.15) is 63.3 Å². The lowest BCUT2D eigenvalue weighted by molar-refractivity contribution is 0.288. The van der Waals surface area contributed by atoms with Crippen LogP contribution in [-0.4, -0.2) is 30.6 Å². The fourth-order valence-corrected chi connectivity index (χ4v) is 3.07. The van der Waals surface area contributed by atoms with Gasteiger partial charge in [0.1, 0.15) is 0 Å². The highest BCUT2D eigenvalue weighted by Crippen LogP contribution is 2.19. The highest BCUT2D eigenvalue weighted by molar-refractivity contribution is 5.32. The van der Waals surface area contributed by atoms with E-state index in [9.17, 15) is 0 Å². The van der Waals surface area contributed by atoms with Crippen molar-refractivity contribution < 1.29 is 0 Å². The van der Waals surface area contributed by atoms with Gasteiger partial charge in [0.2, 0.25) is 0 Å². The third-order valence-electron chi connectivity index (χ3n) is 4.43. The Hall–Kier alpha value is -0.860. The molecule has 1 rings (SSSR count). The first-order chi connectivity index (χ1) is 9.97. The summed E-state index contributed by atoms with van der Waals surface area (Å²) in [4.78, 5) is 2.50. The van der Waals surface area contributed by atoms with Crippen molar-refractivity contribution in [3.8, 4) is 0 Å². The predicted octanol–water partition coefficient (Wildman–Crippen LogP) is 4.46. The van der Waals surface area contributed by atoms with Gasteiger partial charge in [-0.15, -0.1) is 0 Å². The van der Waals surface area contributed by atoms with Crippen molar-refractivity contribution in [3.05, 3.63) is 34.9 Å². The lowest BCUT2D eigenvalue weighted by atomic mass is 9.99. The molecule has 1 aromatic carbocycles. The fourth-order valence-electron chi connectivity index (χ4n) is 3.07. The largest absolute Gasteiger partial charge is 0.308 e. The van der Waals surface area contributed by atoms with E-state index >= 15 is 0 Å². The number of rotatable bonds is 9. The minimum atomic E-state index is 0.425. The number of hydrogen-bond acceptors (Lipinski definition) is 2. The minimum Gasteiger partial charge on any atom is -0.308 e. The maximum Gasteiger partial charge on any atom is 0.0296 e. The van der Waals surface area contributed by atoms with Crippen molar-refractivity contribution in [2.24, 2.45) is 0 Å². The third kappa shape index (κ3) is 6.19. The molecule has 2 heteroatoms. The molecule has 0 heterocycles. The second-order valence-corrected chi connectivity index (χ2v) is 6.32. The van der Waals surface area contributed by atoms with Gasteiger partial charge in [-0.05, 0) is 71.3 Å². The number of nitrogens with zero attached hydrogens (tertiary/aromatic N) is 1. The first kappa shape index (κ1) is 18.2. The molecule has 0 amide bonds. The standard InChI is InChI=1S/C19H34N2/c1-7-21(8-2)13-9-10-17(5)20-18(6)19-12-11-15(3)14-16(19)4/h11-12,14,17-18,20H,7-10,13H2,1-6H3. The Bertz CT molecular complexity index is 410. The molecule has 0 aromatic heterocycles. The summed E-state index contributed by atoms with van der Waals surface area (Å²) in [5, 5.41) is 3.75. The zero-order valence-electron chi connectivity index (χ0n) is 14.9. The number of nitrogens with one attached hydrogen (secondary N) is 1. The topological polar surface area (TPSA) is 15.3 Å². The lowest BCUT2D eigenvalue weighted by Crippen LogP contribution is -2.31. The van der Waals surface area contributed by atoms with E-state index in [0.717, 1.165) is 13.1 Å². The Labute approximate surface area is 131 Å². The molecular weight excluding hydrogens is 256 g/mol. The Morgan fingerprint density at radius 2 is 1.76 bits per heavy atom. The molecule has 0 aliphatic rings. The molecule has 21 heavy (non-hydrogen) atoms. The third-order valence-corrected chi connectivity index (χ3v) is 4.43. The monoisotopic (exact) mass is 290 g/mol. The molecule has 2 atom stereocenters. The van der Waals surface area contributed by atoms with Crippen LogP contribution in [0.15, 0.2) is 18.2 Å². The van der Waals surface area contributed by atoms with Crippen LogP contribution in [-0.2, 0) is 0 Å². The SMILES string of the molecule is CCN(CC)CCCC(C)NC(C)c1ccc(C)cc1C. The average molecular weight is 290 g/mol. The maximum absolute atomic E-state index is 3.75. The molecule has 0 saturated carbocycles. The van der Waals surface area contributed by atoms with E-state index < -0.39 is 0 Å². The molecule has 0 aliphatic heterocycles. The van der Waals surface area contributed by atoms with Gasteiger partial charge in [-0.3, -0.25) is 0 Å². The van der Waals surface area contributed by atoms with Gasteiger partial charge in [0.15, 0.2) is 0 Å². The summed E-state index contributed by atoms with van der Waals surface area (Å²) in [5.74, 6) is 0. The summed E-state index contributed by atoms with van der Waals surface area (Å²) in [6.07, 6.45) is 2.52. The van der Waals surface area contributed by atoms with E-state index in [1.54, 1.807) is 0 Å². The predicted molar refractivity (Wildman–Crippen MR) is 94.0 cm³/mol. The van der Waals surface area contributed by atoms with Crippen LogP contribution in [0.4, 0.5) is 0 Å². The Morgan fingerprint density at radius 1 is 1.10 bits per heavy atom. The van der Waals surface area contributed by atoms with Gasteiger partial charge >= 0.3 is 0 Å². The highest BCUT2D eigenvalue weighted by atomic mass is 15.1. The normalized spacial score (nSPS) is 14.4. The van der Waals surface area contributed by atoms with Crippen LogP contribution in [0.5, 0.6) is 0 Å². The summed E-state index contributed by atoms with van der Waals surface area (Å²) < 4.78 is 0. The van der Waals surface area contributed by atoms with Gasteiger partial charge in [-0.1, -0.05) is 37.6 Å². The summed E-state index contributed by atoms with van der Waals surface area (Å²) in [6, 6.07) is 7.75. The first-order valence-corrected chi connectivity index (χ1v) is 8.53. The molecule has 0 spiro atoms. The second kappa shape index (κ2) is 9.22. The van der Waals surface area contributed by atoms with Crippen molar-refractivity contribution in [1.29, 1.82) is 0 Å². The van der Waals surface area contributed by atoms with Crippen molar-refractivity contribution in [3.63, 3.8) is 0 Å². The molecule has 0 aliphatic carbocycles. The summed E-state index contributed by atoms with van der Waals surface area (Å²) in [7, 11) is 0. The quantitative estimate of drug-likeness (QED) is 0.722. The maximum atomic E-state index is 3.75. The van der Waals surface area contributed by atoms with Gasteiger partial charge in [0.05, 0.1) is 0 Å². The molecule has 0 radical (unpaired) electrons. The van der Waals surface area contributed by atoms with Crippen molar-refractivity contribution in [2.45, 2.75) is 66.5 Å². The molecule has 2 nitrogen and oxygen atoms in total. The lowest BCUT2D eigenvalue weighted by Gasteiger charge is -2.23. The van der Waals surface area contributed by atoms with Crippen LogP contribution in [0, 0.1) is 13.8 Å². The molecule has 120 valence electrons. The number of aryl methyl sites for hydroxylation is 2. The number of hydrogen-bond donors (Lipinski definition) is 1. The average Bonchev–Trinajstić information content (AvgIpc) is 2.43. The van der Waals surface area contributed by atoms with Crippen molar-refractivity contribution in [2.75, 3.05) is 19.6 Å². The summed E-state index contributed by atoms with van der Waals surface area (Å²) in [5.41, 5.74) is 4.16. The zero-order valence-corrected chi connectivity index (χ0v) is 14.9. The molecule has 2 unspecified atom stereocenters. The van der Waals surface area contributed by atoms with Crippen molar-refractivity contribution in [1.82, 2.24) is 10.2 Å². The second-order valence-electron chi connectivity index (χ2n) is 6.32. The van der Waals surface area contributed by atoms with Crippen molar-refractivity contribution >= 4 is 0 Å². The van der Waals surface area contributed by atoms with Crippen LogP contribution in [0.2, 0.25) is 0 Å². The van der Waals surface area contributed by atoms with Crippen LogP contribution in [0.3, 0.4) is 0 Å². The van der Waals surface area contributed by atoms with Crippen LogP contribution in [0.25, 0.3) is 0 Å². The molecule has 0 saturated heterocycles. The zero-order chi connectivity index (χ0) is 15.8. The molecule has 1 aromatic rings. The smallest absolute Gasteiger partial charge is 0.0296 e. The Kier molecular flexibility index (Phi) is 7.98. The minimum absolute atomic E-state index is 0.425. The van der Waals surface area contributed by atoms with Gasteiger partial charge in [0, 0.05) is 12.1 Å². The van der Waals surface area contributed by atoms with Gasteiger partial charge < -0.3 is 10.2 Å². The summed E-state index contributed by atoms with van der Waals surface area (Å²) in [6.45, 7) is 17.0. The van der Waals surface area contributed by atoms with Gasteiger partial charge in [-0.2, -0.15) is 0 Å². The van der Waals surface area contributed by atoms with Crippen LogP contribution < -0.4 is 5.32 Å². The molecule has 1 N–H and O–H groups in total. The summed E-state index contributed by atoms with van der Waals surface area (Å²) >= 11 is 0. The van der Waals surface area contributed by atoms with E-state index in [-0.39, 0.29) is 0 Å². The molecular formula is C19H34N2. The van der Waals surface area contributed by atoms with Gasteiger partial charge in [0.25, 0.3) is 0 Å². The highest BCUT2D eigenvalue weighted by Gasteiger charge is 2.11. The fraction of sp³-hybridized carbons (Fsp3) is 0.684. The molecule has 0 fully saturated rings. The van der Waals surface area contributed by atoms with E-state index in [1.165, 1.54) is 36.1 Å². The Morgan fingerprint density at radius 3 is 2.33 bits per heavy atom. The van der Waals surface area contributed by atoms with E-state index in [4.69, 9.17) is 0 Å². The van der Waals surface area contributed by atoms with E-state index in [1.807, 2.05) is 0 Å². The molecule has 0 bridgehead atoms. The van der Waals surface area contributed by atoms with Crippen LogP contribution >= 0.6 is 0 Å². The first-order valence-electron chi connectivity index (χ1n) is 8.53. The van der Waals surface area contributed by atoms with E-state index in [2.05, 4.69) is 70.0 Å². The van der Waals surface area contributed by atoms with E-state index in [0.29, 0.717) is 12.1 Å². The Balaban J connectivity index is 2.41.